The quantitative estimate of drug-likeness (QED) is 0.884. The van der Waals surface area contributed by atoms with Gasteiger partial charge in [0.25, 0.3) is 0 Å². The van der Waals surface area contributed by atoms with Gasteiger partial charge in [0.1, 0.15) is 0 Å². The molecule has 0 aromatic heterocycles. The van der Waals surface area contributed by atoms with E-state index in [9.17, 15) is 9.90 Å². The number of carbonyl (C=O) groups is 1. The van der Waals surface area contributed by atoms with Gasteiger partial charge in [0.2, 0.25) is 0 Å². The molecular formula is C16H14Cl2O2. The number of hydrogen-bond donors (Lipinski definition) is 1. The lowest BCUT2D eigenvalue weighted by atomic mass is 9.92. The molecule has 0 aliphatic carbocycles. The normalized spacial score (nSPS) is 10.8. The largest absolute Gasteiger partial charge is 0.481 e. The lowest BCUT2D eigenvalue weighted by molar-refractivity contribution is -0.141. The molecule has 2 nitrogen and oxygen atoms in total. The van der Waals surface area contributed by atoms with Crippen molar-refractivity contribution in [3.05, 3.63) is 69.7 Å². The lowest BCUT2D eigenvalue weighted by Gasteiger charge is -2.14. The highest BCUT2D eigenvalue weighted by molar-refractivity contribution is 6.31. The Bertz CT molecular complexity index is 563. The fourth-order valence-corrected chi connectivity index (χ4v) is 2.53. The van der Waals surface area contributed by atoms with Crippen molar-refractivity contribution in [1.29, 1.82) is 0 Å². The van der Waals surface area contributed by atoms with Crippen LogP contribution in [-0.4, -0.2) is 11.1 Å². The van der Waals surface area contributed by atoms with Crippen molar-refractivity contribution in [3.8, 4) is 0 Å². The third-order valence-electron chi connectivity index (χ3n) is 3.20. The Balaban J connectivity index is 2.19. The summed E-state index contributed by atoms with van der Waals surface area (Å²) in [6.45, 7) is 0. The standard InChI is InChI=1S/C16H14Cl2O2/c17-14-7-3-1-5-11(14)9-13(16(19)20)10-12-6-2-4-8-15(12)18/h1-8,13H,9-10H2,(H,19,20). The third-order valence-corrected chi connectivity index (χ3v) is 3.93. The van der Waals surface area contributed by atoms with Crippen molar-refractivity contribution in [2.75, 3.05) is 0 Å². The van der Waals surface area contributed by atoms with Gasteiger partial charge in [-0.15, -0.1) is 0 Å². The van der Waals surface area contributed by atoms with Crippen LogP contribution >= 0.6 is 23.2 Å². The van der Waals surface area contributed by atoms with Crippen LogP contribution in [-0.2, 0) is 17.6 Å². The topological polar surface area (TPSA) is 37.3 Å². The van der Waals surface area contributed by atoms with Gasteiger partial charge in [-0.25, -0.2) is 0 Å². The molecule has 4 heteroatoms. The van der Waals surface area contributed by atoms with E-state index in [-0.39, 0.29) is 0 Å². The van der Waals surface area contributed by atoms with E-state index in [2.05, 4.69) is 0 Å². The predicted molar refractivity (Wildman–Crippen MR) is 81.4 cm³/mol. The van der Waals surface area contributed by atoms with Gasteiger partial charge in [-0.1, -0.05) is 59.6 Å². The molecule has 20 heavy (non-hydrogen) atoms. The van der Waals surface area contributed by atoms with Crippen molar-refractivity contribution in [2.45, 2.75) is 12.8 Å². The first kappa shape index (κ1) is 14.9. The molecule has 0 aliphatic rings. The van der Waals surface area contributed by atoms with Gasteiger partial charge in [0.15, 0.2) is 0 Å². The Hall–Kier alpha value is -1.51. The van der Waals surface area contributed by atoms with Crippen LogP contribution in [0.1, 0.15) is 11.1 Å². The number of rotatable bonds is 5. The maximum atomic E-state index is 11.4. The minimum absolute atomic E-state index is 0.389. The summed E-state index contributed by atoms with van der Waals surface area (Å²) in [5, 5.41) is 10.6. The van der Waals surface area contributed by atoms with E-state index in [1.54, 1.807) is 12.1 Å². The van der Waals surface area contributed by atoms with Gasteiger partial charge in [-0.3, -0.25) is 4.79 Å². The zero-order valence-electron chi connectivity index (χ0n) is 10.7. The van der Waals surface area contributed by atoms with Crippen molar-refractivity contribution in [2.24, 2.45) is 5.92 Å². The van der Waals surface area contributed by atoms with Crippen molar-refractivity contribution in [3.63, 3.8) is 0 Å². The molecule has 0 saturated heterocycles. The van der Waals surface area contributed by atoms with Crippen LogP contribution in [0.3, 0.4) is 0 Å². The number of halogens is 2. The Kier molecular flexibility index (Phi) is 5.05. The molecule has 104 valence electrons. The molecule has 0 spiro atoms. The molecule has 0 radical (unpaired) electrons. The van der Waals surface area contributed by atoms with Crippen LogP contribution in [0.15, 0.2) is 48.5 Å². The van der Waals surface area contributed by atoms with Gasteiger partial charge in [0.05, 0.1) is 5.92 Å². The van der Waals surface area contributed by atoms with Gasteiger partial charge in [-0.2, -0.15) is 0 Å². The summed E-state index contributed by atoms with van der Waals surface area (Å²) in [7, 11) is 0. The number of aliphatic carboxylic acids is 1. The smallest absolute Gasteiger partial charge is 0.307 e. The lowest BCUT2D eigenvalue weighted by Crippen LogP contribution is -2.19. The van der Waals surface area contributed by atoms with Gasteiger partial charge in [0, 0.05) is 10.0 Å². The SMILES string of the molecule is O=C(O)C(Cc1ccccc1Cl)Cc1ccccc1Cl. The van der Waals surface area contributed by atoms with Crippen LogP contribution in [0, 0.1) is 5.92 Å². The number of carboxylic acids is 1. The molecule has 0 bridgehead atoms. The Morgan fingerprint density at radius 3 is 1.65 bits per heavy atom. The zero-order chi connectivity index (χ0) is 14.5. The highest BCUT2D eigenvalue weighted by Crippen LogP contribution is 2.24. The number of hydrogen-bond acceptors (Lipinski definition) is 1. The molecule has 0 aliphatic heterocycles. The summed E-state index contributed by atoms with van der Waals surface area (Å²) in [5.41, 5.74) is 1.68. The monoisotopic (exact) mass is 308 g/mol. The van der Waals surface area contributed by atoms with Gasteiger partial charge in [-0.05, 0) is 36.1 Å². The van der Waals surface area contributed by atoms with Gasteiger partial charge >= 0.3 is 5.97 Å². The average molecular weight is 309 g/mol. The fraction of sp³-hybridized carbons (Fsp3) is 0.188. The van der Waals surface area contributed by atoms with E-state index in [1.807, 2.05) is 36.4 Å². The van der Waals surface area contributed by atoms with E-state index in [4.69, 9.17) is 23.2 Å². The molecule has 0 amide bonds. The molecule has 0 saturated carbocycles. The molecule has 2 aromatic carbocycles. The summed E-state index contributed by atoms with van der Waals surface area (Å²) < 4.78 is 0. The third kappa shape index (κ3) is 3.75. The van der Waals surface area contributed by atoms with E-state index in [0.29, 0.717) is 22.9 Å². The average Bonchev–Trinajstić information content (AvgIpc) is 2.42. The van der Waals surface area contributed by atoms with Crippen molar-refractivity contribution >= 4 is 29.2 Å². The van der Waals surface area contributed by atoms with Gasteiger partial charge < -0.3 is 5.11 Å². The predicted octanol–water partition coefficient (Wildman–Crippen LogP) is 4.48. The minimum Gasteiger partial charge on any atom is -0.481 e. The van der Waals surface area contributed by atoms with Crippen LogP contribution in [0.4, 0.5) is 0 Å². The second-order valence-corrected chi connectivity index (χ2v) is 5.44. The Morgan fingerprint density at radius 1 is 0.900 bits per heavy atom. The first-order valence-corrected chi connectivity index (χ1v) is 7.03. The van der Waals surface area contributed by atoms with Crippen LogP contribution in [0.25, 0.3) is 0 Å². The summed E-state index contributed by atoms with van der Waals surface area (Å²) in [6.07, 6.45) is 0.778. The second-order valence-electron chi connectivity index (χ2n) is 4.63. The number of carboxylic acid groups (broad SMARTS) is 1. The summed E-state index contributed by atoms with van der Waals surface area (Å²) in [6, 6.07) is 14.6. The maximum absolute atomic E-state index is 11.4. The Morgan fingerprint density at radius 2 is 1.30 bits per heavy atom. The second kappa shape index (κ2) is 6.78. The summed E-state index contributed by atoms with van der Waals surface area (Å²) in [5.74, 6) is -1.39. The van der Waals surface area contributed by atoms with Crippen LogP contribution in [0.5, 0.6) is 0 Å². The summed E-state index contributed by atoms with van der Waals surface area (Å²) in [4.78, 5) is 11.4. The molecule has 0 atom stereocenters. The van der Waals surface area contributed by atoms with E-state index < -0.39 is 11.9 Å². The van der Waals surface area contributed by atoms with Crippen LogP contribution in [0.2, 0.25) is 10.0 Å². The molecule has 1 N–H and O–H groups in total. The van der Waals surface area contributed by atoms with Crippen LogP contribution < -0.4 is 0 Å². The maximum Gasteiger partial charge on any atom is 0.307 e. The molecule has 0 fully saturated rings. The molecule has 0 heterocycles. The minimum atomic E-state index is -0.843. The Labute approximate surface area is 128 Å². The molecule has 2 rings (SSSR count). The highest BCUT2D eigenvalue weighted by Gasteiger charge is 2.20. The van der Waals surface area contributed by atoms with E-state index in [0.717, 1.165) is 11.1 Å². The zero-order valence-corrected chi connectivity index (χ0v) is 12.2. The fourth-order valence-electron chi connectivity index (χ4n) is 2.11. The first-order valence-electron chi connectivity index (χ1n) is 6.27. The molecule has 0 unspecified atom stereocenters. The number of benzene rings is 2. The molecular weight excluding hydrogens is 295 g/mol. The molecule has 2 aromatic rings. The van der Waals surface area contributed by atoms with Crippen molar-refractivity contribution < 1.29 is 9.90 Å². The van der Waals surface area contributed by atoms with E-state index >= 15 is 0 Å². The highest BCUT2D eigenvalue weighted by atomic mass is 35.5. The van der Waals surface area contributed by atoms with Crippen molar-refractivity contribution in [1.82, 2.24) is 0 Å². The summed E-state index contributed by atoms with van der Waals surface area (Å²) >= 11 is 12.2. The first-order chi connectivity index (χ1) is 9.58. The van der Waals surface area contributed by atoms with E-state index in [1.165, 1.54) is 0 Å².